The van der Waals surface area contributed by atoms with E-state index in [9.17, 15) is 4.39 Å². The molecule has 0 radical (unpaired) electrons. The van der Waals surface area contributed by atoms with Crippen LogP contribution in [-0.4, -0.2) is 28.8 Å². The summed E-state index contributed by atoms with van der Waals surface area (Å²) in [7, 11) is 1.94. The number of rotatable bonds is 6. The van der Waals surface area contributed by atoms with E-state index in [4.69, 9.17) is 0 Å². The van der Waals surface area contributed by atoms with E-state index in [0.717, 1.165) is 41.4 Å². The average molecular weight is 459 g/mol. The Morgan fingerprint density at radius 2 is 2.04 bits per heavy atom. The second kappa shape index (κ2) is 10.4. The largest absolute Gasteiger partial charge is 0.357 e. The van der Waals surface area contributed by atoms with Gasteiger partial charge < -0.3 is 10.6 Å². The van der Waals surface area contributed by atoms with Crippen LogP contribution in [0, 0.1) is 19.7 Å². The number of benzene rings is 1. The molecule has 0 amide bonds. The van der Waals surface area contributed by atoms with E-state index in [1.165, 1.54) is 6.07 Å². The minimum atomic E-state index is -0.199. The van der Waals surface area contributed by atoms with Crippen molar-refractivity contribution in [3.63, 3.8) is 0 Å². The second-order valence-electron chi connectivity index (χ2n) is 5.77. The maximum Gasteiger partial charge on any atom is 0.191 e. The van der Waals surface area contributed by atoms with E-state index in [0.29, 0.717) is 13.1 Å². The molecule has 2 rings (SSSR count). The molecule has 2 aromatic rings. The fourth-order valence-corrected chi connectivity index (χ4v) is 2.56. The number of hydrogen-bond donors (Lipinski definition) is 2. The summed E-state index contributed by atoms with van der Waals surface area (Å²) in [5, 5.41) is 10.9. The van der Waals surface area contributed by atoms with E-state index in [1.54, 1.807) is 12.1 Å². The van der Waals surface area contributed by atoms with Crippen LogP contribution in [0.1, 0.15) is 29.4 Å². The molecule has 0 unspecified atom stereocenters. The third-order valence-electron chi connectivity index (χ3n) is 3.99. The van der Waals surface area contributed by atoms with Gasteiger partial charge in [0, 0.05) is 31.4 Å². The van der Waals surface area contributed by atoms with Gasteiger partial charge in [-0.25, -0.2) is 9.38 Å². The SMILES string of the molecule is CCNC(=NCc1c(C)nn(C)c1C)NCCc1cccc(F)c1.I. The van der Waals surface area contributed by atoms with Crippen LogP contribution < -0.4 is 10.6 Å². The molecule has 25 heavy (non-hydrogen) atoms. The van der Waals surface area contributed by atoms with Crippen molar-refractivity contribution in [3.05, 3.63) is 52.6 Å². The highest BCUT2D eigenvalue weighted by Crippen LogP contribution is 2.12. The summed E-state index contributed by atoms with van der Waals surface area (Å²) < 4.78 is 15.1. The minimum Gasteiger partial charge on any atom is -0.357 e. The normalized spacial score (nSPS) is 11.2. The summed E-state index contributed by atoms with van der Waals surface area (Å²) >= 11 is 0. The van der Waals surface area contributed by atoms with Gasteiger partial charge in [0.1, 0.15) is 5.82 Å². The zero-order valence-corrected chi connectivity index (χ0v) is 17.6. The summed E-state index contributed by atoms with van der Waals surface area (Å²) in [6.07, 6.45) is 0.743. The van der Waals surface area contributed by atoms with Gasteiger partial charge in [-0.05, 0) is 44.9 Å². The molecule has 0 spiro atoms. The first kappa shape index (κ1) is 21.4. The monoisotopic (exact) mass is 459 g/mol. The molecule has 0 fully saturated rings. The van der Waals surface area contributed by atoms with E-state index in [1.807, 2.05) is 31.6 Å². The Morgan fingerprint density at radius 3 is 2.64 bits per heavy atom. The lowest BCUT2D eigenvalue weighted by Gasteiger charge is -2.11. The smallest absolute Gasteiger partial charge is 0.191 e. The summed E-state index contributed by atoms with van der Waals surface area (Å²) in [5.74, 6) is 0.562. The molecule has 0 bridgehead atoms. The van der Waals surface area contributed by atoms with Crippen molar-refractivity contribution >= 4 is 29.9 Å². The van der Waals surface area contributed by atoms with Crippen molar-refractivity contribution in [2.75, 3.05) is 13.1 Å². The molecule has 138 valence electrons. The first-order chi connectivity index (χ1) is 11.5. The van der Waals surface area contributed by atoms with Crippen molar-refractivity contribution in [2.45, 2.75) is 33.7 Å². The van der Waals surface area contributed by atoms with Crippen molar-refractivity contribution in [1.82, 2.24) is 20.4 Å². The number of hydrogen-bond acceptors (Lipinski definition) is 2. The van der Waals surface area contributed by atoms with Gasteiger partial charge in [0.05, 0.1) is 12.2 Å². The number of halogens is 2. The van der Waals surface area contributed by atoms with Gasteiger partial charge in [-0.2, -0.15) is 5.10 Å². The summed E-state index contributed by atoms with van der Waals surface area (Å²) in [6.45, 7) is 8.15. The minimum absolute atomic E-state index is 0. The predicted molar refractivity (Wildman–Crippen MR) is 111 cm³/mol. The highest BCUT2D eigenvalue weighted by Gasteiger charge is 2.09. The molecule has 1 heterocycles. The van der Waals surface area contributed by atoms with Gasteiger partial charge in [-0.1, -0.05) is 12.1 Å². The Hall–Kier alpha value is -1.64. The fraction of sp³-hybridized carbons (Fsp3) is 0.444. The van der Waals surface area contributed by atoms with Crippen molar-refractivity contribution in [1.29, 1.82) is 0 Å². The Balaban J connectivity index is 0.00000312. The zero-order chi connectivity index (χ0) is 17.5. The quantitative estimate of drug-likeness (QED) is 0.397. The van der Waals surface area contributed by atoms with Crippen molar-refractivity contribution in [3.8, 4) is 0 Å². The molecular weight excluding hydrogens is 432 g/mol. The van der Waals surface area contributed by atoms with Gasteiger partial charge >= 0.3 is 0 Å². The maximum absolute atomic E-state index is 13.2. The number of aryl methyl sites for hydroxylation is 2. The molecule has 7 heteroatoms. The Labute approximate surface area is 166 Å². The van der Waals surface area contributed by atoms with Crippen LogP contribution >= 0.6 is 24.0 Å². The second-order valence-corrected chi connectivity index (χ2v) is 5.77. The molecule has 1 aromatic heterocycles. The molecule has 0 atom stereocenters. The standard InChI is InChI=1S/C18H26FN5.HI/c1-5-20-18(21-10-9-15-7-6-8-16(19)11-15)22-12-17-13(2)23-24(4)14(17)3;/h6-8,11H,5,9-10,12H2,1-4H3,(H2,20,21,22);1H. The molecule has 0 aliphatic heterocycles. The lowest BCUT2D eigenvalue weighted by molar-refractivity contribution is 0.625. The van der Waals surface area contributed by atoms with E-state index in [2.05, 4.69) is 27.6 Å². The van der Waals surface area contributed by atoms with Gasteiger partial charge in [0.2, 0.25) is 0 Å². The number of nitrogens with one attached hydrogen (secondary N) is 2. The predicted octanol–water partition coefficient (Wildman–Crippen LogP) is 3.09. The maximum atomic E-state index is 13.2. The molecule has 0 aliphatic carbocycles. The van der Waals surface area contributed by atoms with E-state index in [-0.39, 0.29) is 29.8 Å². The topological polar surface area (TPSA) is 54.2 Å². The Bertz CT molecular complexity index is 711. The number of nitrogens with zero attached hydrogens (tertiary/aromatic N) is 3. The van der Waals surface area contributed by atoms with Crippen molar-refractivity contribution < 1.29 is 4.39 Å². The number of aromatic nitrogens is 2. The molecule has 2 N–H and O–H groups in total. The van der Waals surface area contributed by atoms with Gasteiger partial charge in [-0.15, -0.1) is 24.0 Å². The Morgan fingerprint density at radius 1 is 1.28 bits per heavy atom. The van der Waals surface area contributed by atoms with Crippen LogP contribution in [0.2, 0.25) is 0 Å². The highest BCUT2D eigenvalue weighted by atomic mass is 127. The first-order valence-electron chi connectivity index (χ1n) is 8.27. The summed E-state index contributed by atoms with van der Waals surface area (Å²) in [5.41, 5.74) is 4.26. The van der Waals surface area contributed by atoms with Crippen LogP contribution in [0.5, 0.6) is 0 Å². The number of aliphatic imine (C=N–C) groups is 1. The molecule has 5 nitrogen and oxygen atoms in total. The van der Waals surface area contributed by atoms with Crippen LogP contribution in [0.4, 0.5) is 4.39 Å². The van der Waals surface area contributed by atoms with E-state index < -0.39 is 0 Å². The average Bonchev–Trinajstić information content (AvgIpc) is 2.78. The summed E-state index contributed by atoms with van der Waals surface area (Å²) in [4.78, 5) is 4.63. The molecule has 0 saturated heterocycles. The van der Waals surface area contributed by atoms with Gasteiger partial charge in [0.15, 0.2) is 5.96 Å². The molecule has 1 aromatic carbocycles. The third kappa shape index (κ3) is 6.30. The van der Waals surface area contributed by atoms with Crippen LogP contribution in [0.15, 0.2) is 29.3 Å². The molecule has 0 aliphatic rings. The highest BCUT2D eigenvalue weighted by molar-refractivity contribution is 14.0. The van der Waals surface area contributed by atoms with Crippen LogP contribution in [-0.2, 0) is 20.0 Å². The van der Waals surface area contributed by atoms with Gasteiger partial charge in [0.25, 0.3) is 0 Å². The fourth-order valence-electron chi connectivity index (χ4n) is 2.56. The summed E-state index contributed by atoms with van der Waals surface area (Å²) in [6, 6.07) is 6.68. The first-order valence-corrected chi connectivity index (χ1v) is 8.27. The van der Waals surface area contributed by atoms with E-state index >= 15 is 0 Å². The zero-order valence-electron chi connectivity index (χ0n) is 15.3. The molecule has 0 saturated carbocycles. The van der Waals surface area contributed by atoms with Gasteiger partial charge in [-0.3, -0.25) is 4.68 Å². The van der Waals surface area contributed by atoms with Crippen LogP contribution in [0.25, 0.3) is 0 Å². The van der Waals surface area contributed by atoms with Crippen molar-refractivity contribution in [2.24, 2.45) is 12.0 Å². The number of guanidine groups is 1. The molecular formula is C18H27FIN5. The third-order valence-corrected chi connectivity index (χ3v) is 3.99. The lowest BCUT2D eigenvalue weighted by Crippen LogP contribution is -2.38. The Kier molecular flexibility index (Phi) is 8.88. The van der Waals surface area contributed by atoms with Crippen LogP contribution in [0.3, 0.4) is 0 Å². The lowest BCUT2D eigenvalue weighted by atomic mass is 10.1.